The summed E-state index contributed by atoms with van der Waals surface area (Å²) in [6, 6.07) is 0. The van der Waals surface area contributed by atoms with Crippen molar-refractivity contribution in [1.29, 1.82) is 0 Å². The van der Waals surface area contributed by atoms with Gasteiger partial charge in [0.1, 0.15) is 12.3 Å². The zero-order valence-electron chi connectivity index (χ0n) is 12.1. The standard InChI is InChI=1S/C13H19N3O4/c1-8-9-5-6-15(12(19)20-13(2,3)4)7-16(9)14-10(8)11(17)18/h5-7H2,1-4H3,(H,17,18). The van der Waals surface area contributed by atoms with Crippen LogP contribution in [0.2, 0.25) is 0 Å². The van der Waals surface area contributed by atoms with E-state index in [9.17, 15) is 9.59 Å². The van der Waals surface area contributed by atoms with Crippen molar-refractivity contribution < 1.29 is 19.4 Å². The van der Waals surface area contributed by atoms with Gasteiger partial charge < -0.3 is 9.84 Å². The lowest BCUT2D eigenvalue weighted by Gasteiger charge is -2.30. The lowest BCUT2D eigenvalue weighted by molar-refractivity contribution is 0.0150. The maximum atomic E-state index is 12.0. The van der Waals surface area contributed by atoms with Crippen LogP contribution < -0.4 is 0 Å². The van der Waals surface area contributed by atoms with Crippen molar-refractivity contribution >= 4 is 12.1 Å². The second kappa shape index (κ2) is 4.81. The predicted molar refractivity (Wildman–Crippen MR) is 70.6 cm³/mol. The Bertz CT molecular complexity index is 557. The number of amides is 1. The van der Waals surface area contributed by atoms with E-state index in [2.05, 4.69) is 5.10 Å². The molecule has 1 amide bonds. The van der Waals surface area contributed by atoms with Gasteiger partial charge in [-0.2, -0.15) is 5.10 Å². The number of rotatable bonds is 1. The minimum absolute atomic E-state index is 0.0473. The molecule has 0 radical (unpaired) electrons. The molecule has 0 saturated heterocycles. The number of ether oxygens (including phenoxy) is 1. The van der Waals surface area contributed by atoms with Gasteiger partial charge in [0.2, 0.25) is 0 Å². The van der Waals surface area contributed by atoms with E-state index in [1.54, 1.807) is 32.4 Å². The van der Waals surface area contributed by atoms with Crippen molar-refractivity contribution in [2.24, 2.45) is 0 Å². The minimum atomic E-state index is -1.05. The van der Waals surface area contributed by atoms with Crippen LogP contribution in [0.1, 0.15) is 42.5 Å². The van der Waals surface area contributed by atoms with Gasteiger partial charge in [-0.25, -0.2) is 14.3 Å². The number of aromatic carboxylic acids is 1. The zero-order chi connectivity index (χ0) is 15.1. The van der Waals surface area contributed by atoms with Crippen molar-refractivity contribution in [3.63, 3.8) is 0 Å². The average Bonchev–Trinajstić information content (AvgIpc) is 2.64. The van der Waals surface area contributed by atoms with Gasteiger partial charge in [0.25, 0.3) is 0 Å². The van der Waals surface area contributed by atoms with Crippen LogP contribution in [0.25, 0.3) is 0 Å². The lowest BCUT2D eigenvalue weighted by Crippen LogP contribution is -2.42. The molecule has 110 valence electrons. The third-order valence-corrected chi connectivity index (χ3v) is 3.10. The summed E-state index contributed by atoms with van der Waals surface area (Å²) in [5.41, 5.74) is 1.03. The highest BCUT2D eigenvalue weighted by molar-refractivity contribution is 5.87. The second-order valence-corrected chi connectivity index (χ2v) is 5.86. The van der Waals surface area contributed by atoms with Crippen molar-refractivity contribution in [1.82, 2.24) is 14.7 Å². The number of carbonyl (C=O) groups is 2. The minimum Gasteiger partial charge on any atom is -0.476 e. The fourth-order valence-electron chi connectivity index (χ4n) is 2.17. The number of carbonyl (C=O) groups excluding carboxylic acids is 1. The topological polar surface area (TPSA) is 84.7 Å². The summed E-state index contributed by atoms with van der Waals surface area (Å²) in [5, 5.41) is 13.1. The number of carboxylic acids is 1. The highest BCUT2D eigenvalue weighted by atomic mass is 16.6. The van der Waals surface area contributed by atoms with Crippen molar-refractivity contribution in [2.75, 3.05) is 6.54 Å². The third kappa shape index (κ3) is 2.76. The number of hydrogen-bond donors (Lipinski definition) is 1. The largest absolute Gasteiger partial charge is 0.476 e. The molecule has 1 N–H and O–H groups in total. The Morgan fingerprint density at radius 1 is 1.35 bits per heavy atom. The molecule has 0 aliphatic carbocycles. The molecule has 0 atom stereocenters. The van der Waals surface area contributed by atoms with Crippen LogP contribution in [0.3, 0.4) is 0 Å². The van der Waals surface area contributed by atoms with E-state index in [0.717, 1.165) is 5.69 Å². The van der Waals surface area contributed by atoms with E-state index >= 15 is 0 Å². The third-order valence-electron chi connectivity index (χ3n) is 3.10. The fourth-order valence-corrected chi connectivity index (χ4v) is 2.17. The molecule has 1 aromatic heterocycles. The Morgan fingerprint density at radius 2 is 2.00 bits per heavy atom. The monoisotopic (exact) mass is 281 g/mol. The SMILES string of the molecule is Cc1c(C(=O)O)nn2c1CCN(C(=O)OC(C)(C)C)C2. The molecule has 0 fully saturated rings. The number of hydrogen-bond acceptors (Lipinski definition) is 4. The number of carboxylic acid groups (broad SMARTS) is 1. The summed E-state index contributed by atoms with van der Waals surface area (Å²) in [6.07, 6.45) is 0.166. The van der Waals surface area contributed by atoms with Crippen LogP contribution in [0.15, 0.2) is 0 Å². The molecule has 1 aromatic rings. The van der Waals surface area contributed by atoms with Crippen LogP contribution in [0, 0.1) is 6.92 Å². The normalized spacial score (nSPS) is 14.9. The zero-order valence-corrected chi connectivity index (χ0v) is 12.1. The Hall–Kier alpha value is -2.05. The maximum Gasteiger partial charge on any atom is 0.411 e. The van der Waals surface area contributed by atoms with E-state index in [1.165, 1.54) is 4.90 Å². The van der Waals surface area contributed by atoms with Gasteiger partial charge in [0, 0.05) is 24.2 Å². The summed E-state index contributed by atoms with van der Waals surface area (Å²) >= 11 is 0. The molecule has 0 aromatic carbocycles. The van der Waals surface area contributed by atoms with Crippen LogP contribution in [-0.2, 0) is 17.8 Å². The van der Waals surface area contributed by atoms with Crippen LogP contribution in [-0.4, -0.2) is 44.0 Å². The lowest BCUT2D eigenvalue weighted by atomic mass is 10.1. The fraction of sp³-hybridized carbons (Fsp3) is 0.615. The van der Waals surface area contributed by atoms with Gasteiger partial charge in [0.05, 0.1) is 0 Å². The maximum absolute atomic E-state index is 12.0. The molecule has 20 heavy (non-hydrogen) atoms. The summed E-state index contributed by atoms with van der Waals surface area (Å²) < 4.78 is 6.87. The van der Waals surface area contributed by atoms with E-state index in [4.69, 9.17) is 9.84 Å². The predicted octanol–water partition coefficient (Wildman–Crippen LogP) is 1.64. The summed E-state index contributed by atoms with van der Waals surface area (Å²) in [7, 11) is 0. The van der Waals surface area contributed by atoms with E-state index in [1.807, 2.05) is 0 Å². The Morgan fingerprint density at radius 3 is 2.55 bits per heavy atom. The number of fused-ring (bicyclic) bond motifs is 1. The quantitative estimate of drug-likeness (QED) is 0.846. The molecule has 1 aliphatic rings. The average molecular weight is 281 g/mol. The first-order chi connectivity index (χ1) is 9.19. The van der Waals surface area contributed by atoms with E-state index in [-0.39, 0.29) is 12.4 Å². The van der Waals surface area contributed by atoms with Crippen molar-refractivity contribution in [2.45, 2.75) is 46.4 Å². The highest BCUT2D eigenvalue weighted by Crippen LogP contribution is 2.20. The molecule has 7 heteroatoms. The van der Waals surface area contributed by atoms with Gasteiger partial charge >= 0.3 is 12.1 Å². The Labute approximate surface area is 117 Å². The summed E-state index contributed by atoms with van der Waals surface area (Å²) in [6.45, 7) is 7.88. The Kier molecular flexibility index (Phi) is 3.45. The van der Waals surface area contributed by atoms with E-state index < -0.39 is 17.7 Å². The van der Waals surface area contributed by atoms with Crippen LogP contribution >= 0.6 is 0 Å². The van der Waals surface area contributed by atoms with Crippen molar-refractivity contribution in [3.05, 3.63) is 17.0 Å². The molecule has 0 spiro atoms. The smallest absolute Gasteiger partial charge is 0.411 e. The molecule has 1 aliphatic heterocycles. The highest BCUT2D eigenvalue weighted by Gasteiger charge is 2.29. The van der Waals surface area contributed by atoms with Gasteiger partial charge in [0.15, 0.2) is 5.69 Å². The summed E-state index contributed by atoms with van der Waals surface area (Å²) in [4.78, 5) is 24.6. The number of nitrogens with zero attached hydrogens (tertiary/aromatic N) is 3. The van der Waals surface area contributed by atoms with Crippen LogP contribution in [0.4, 0.5) is 4.79 Å². The molecule has 0 bridgehead atoms. The van der Waals surface area contributed by atoms with Gasteiger partial charge in [-0.3, -0.25) is 4.90 Å². The molecular formula is C13H19N3O4. The van der Waals surface area contributed by atoms with Crippen LogP contribution in [0.5, 0.6) is 0 Å². The molecule has 2 heterocycles. The summed E-state index contributed by atoms with van der Waals surface area (Å²) in [5.74, 6) is -1.05. The number of aromatic nitrogens is 2. The molecule has 2 rings (SSSR count). The Balaban J connectivity index is 2.17. The molecular weight excluding hydrogens is 262 g/mol. The molecule has 0 unspecified atom stereocenters. The second-order valence-electron chi connectivity index (χ2n) is 5.86. The molecule has 7 nitrogen and oxygen atoms in total. The van der Waals surface area contributed by atoms with Gasteiger partial charge in [-0.15, -0.1) is 0 Å². The van der Waals surface area contributed by atoms with Gasteiger partial charge in [-0.05, 0) is 27.7 Å². The first kappa shape index (κ1) is 14.4. The van der Waals surface area contributed by atoms with Crippen molar-refractivity contribution in [3.8, 4) is 0 Å². The van der Waals surface area contributed by atoms with E-state index in [0.29, 0.717) is 18.5 Å². The first-order valence-corrected chi connectivity index (χ1v) is 6.46. The molecule has 0 saturated carbocycles. The van der Waals surface area contributed by atoms with Gasteiger partial charge in [-0.1, -0.05) is 0 Å². The first-order valence-electron chi connectivity index (χ1n) is 6.46.